The van der Waals surface area contributed by atoms with E-state index in [2.05, 4.69) is 51.4 Å². The van der Waals surface area contributed by atoms with Crippen LogP contribution in [0.3, 0.4) is 0 Å². The Hall–Kier alpha value is -3.96. The number of anilines is 3. The minimum Gasteiger partial charge on any atom is -0.368 e. The normalized spacial score (nSPS) is 12.0. The molecule has 4 aromatic rings. The Balaban J connectivity index is 1.32. The van der Waals surface area contributed by atoms with Gasteiger partial charge < -0.3 is 21.3 Å². The summed E-state index contributed by atoms with van der Waals surface area (Å²) < 4.78 is 39.2. The lowest BCUT2D eigenvalue weighted by atomic mass is 10.2. The summed E-state index contributed by atoms with van der Waals surface area (Å²) in [6.45, 7) is 2.71. The van der Waals surface area contributed by atoms with Crippen LogP contribution in [0.4, 0.5) is 29.9 Å². The molecule has 0 aromatic carbocycles. The van der Waals surface area contributed by atoms with E-state index in [1.807, 2.05) is 0 Å². The molecule has 0 bridgehead atoms. The zero-order valence-corrected chi connectivity index (χ0v) is 22.2. The number of pyridine rings is 1. The van der Waals surface area contributed by atoms with Crippen LogP contribution in [0.15, 0.2) is 36.4 Å². The number of halogens is 4. The van der Waals surface area contributed by atoms with Crippen LogP contribution in [0.2, 0.25) is 5.02 Å². The number of amides is 2. The molecule has 0 aliphatic heterocycles. The summed E-state index contributed by atoms with van der Waals surface area (Å²) in [5.74, 6) is -1.09. The summed E-state index contributed by atoms with van der Waals surface area (Å²) in [6.07, 6.45) is -1.40. The highest BCUT2D eigenvalue weighted by atomic mass is 35.5. The number of rotatable bonds is 10. The van der Waals surface area contributed by atoms with E-state index in [0.29, 0.717) is 35.1 Å². The van der Waals surface area contributed by atoms with E-state index < -0.39 is 34.6 Å². The van der Waals surface area contributed by atoms with Crippen molar-refractivity contribution in [3.05, 3.63) is 62.5 Å². The number of alkyl halides is 3. The molecule has 0 saturated carbocycles. The largest absolute Gasteiger partial charge is 0.418 e. The molecule has 4 N–H and O–H groups in total. The summed E-state index contributed by atoms with van der Waals surface area (Å²) in [5, 5.41) is 19.3. The third kappa shape index (κ3) is 7.55. The van der Waals surface area contributed by atoms with Crippen molar-refractivity contribution in [2.75, 3.05) is 29.0 Å². The summed E-state index contributed by atoms with van der Waals surface area (Å²) in [7, 11) is 0. The maximum atomic E-state index is 13.1. The Morgan fingerprint density at radius 3 is 2.56 bits per heavy atom. The summed E-state index contributed by atoms with van der Waals surface area (Å²) >= 11 is 7.89. The van der Waals surface area contributed by atoms with Crippen LogP contribution in [-0.4, -0.2) is 55.0 Å². The van der Waals surface area contributed by atoms with E-state index in [1.54, 1.807) is 12.4 Å². The lowest BCUT2D eigenvalue weighted by molar-refractivity contribution is -0.137. The summed E-state index contributed by atoms with van der Waals surface area (Å²) in [6, 6.07) is 1.53. The zero-order valence-electron chi connectivity index (χ0n) is 19.8. The lowest BCUT2D eigenvalue weighted by Gasteiger charge is -2.12. The van der Waals surface area contributed by atoms with Gasteiger partial charge >= 0.3 is 6.18 Å². The Kier molecular flexibility index (Phi) is 8.82. The molecule has 18 heteroatoms. The quantitative estimate of drug-likeness (QED) is 0.196. The van der Waals surface area contributed by atoms with Gasteiger partial charge in [-0.15, -0.1) is 21.5 Å². The predicted molar refractivity (Wildman–Crippen MR) is 139 cm³/mol. The highest BCUT2D eigenvalue weighted by molar-refractivity contribution is 7.14. The molecule has 0 aliphatic rings. The highest BCUT2D eigenvalue weighted by Gasteiger charge is 2.34. The van der Waals surface area contributed by atoms with Gasteiger partial charge in [-0.05, 0) is 13.0 Å². The van der Waals surface area contributed by atoms with Crippen molar-refractivity contribution >= 4 is 62.9 Å². The van der Waals surface area contributed by atoms with Gasteiger partial charge in [0.1, 0.15) is 39.1 Å². The summed E-state index contributed by atoms with van der Waals surface area (Å²) in [5.41, 5.74) is 0.603. The van der Waals surface area contributed by atoms with Gasteiger partial charge in [0, 0.05) is 25.4 Å². The van der Waals surface area contributed by atoms with Crippen molar-refractivity contribution in [3.8, 4) is 0 Å². The SMILES string of the molecule is CC(NC(=O)c1cc(NCCNc2nncs2)ncn1)c1ncc(C(=O)Nc2cc(C(F)(F)F)c(Cl)cn2)s1. The first kappa shape index (κ1) is 28.1. The number of aromatic nitrogens is 6. The molecule has 0 aliphatic carbocycles. The maximum absolute atomic E-state index is 13.1. The molecule has 39 heavy (non-hydrogen) atoms. The molecule has 204 valence electrons. The van der Waals surface area contributed by atoms with Crippen LogP contribution in [0.1, 0.15) is 43.7 Å². The van der Waals surface area contributed by atoms with Crippen molar-refractivity contribution in [2.24, 2.45) is 0 Å². The number of hydrogen-bond acceptors (Lipinski definition) is 12. The molecule has 0 radical (unpaired) electrons. The van der Waals surface area contributed by atoms with Crippen molar-refractivity contribution in [1.29, 1.82) is 0 Å². The minimum atomic E-state index is -4.71. The van der Waals surface area contributed by atoms with Gasteiger partial charge in [0.15, 0.2) is 0 Å². The van der Waals surface area contributed by atoms with Crippen LogP contribution < -0.4 is 21.3 Å². The molecule has 12 nitrogen and oxygen atoms in total. The molecule has 4 rings (SSSR count). The summed E-state index contributed by atoms with van der Waals surface area (Å²) in [4.78, 5) is 41.3. The monoisotopic (exact) mass is 598 g/mol. The van der Waals surface area contributed by atoms with Gasteiger partial charge in [-0.2, -0.15) is 13.2 Å². The first-order chi connectivity index (χ1) is 18.6. The topological polar surface area (TPSA) is 160 Å². The Morgan fingerprint density at radius 2 is 1.82 bits per heavy atom. The first-order valence-electron chi connectivity index (χ1n) is 11.0. The molecule has 1 atom stereocenters. The molecule has 2 amide bonds. The molecule has 4 heterocycles. The number of carbonyl (C=O) groups is 2. The third-order valence-corrected chi connectivity index (χ3v) is 6.96. The molecule has 0 saturated heterocycles. The van der Waals surface area contributed by atoms with Crippen LogP contribution >= 0.6 is 34.3 Å². The van der Waals surface area contributed by atoms with Crippen LogP contribution in [0.25, 0.3) is 0 Å². The molecular weight excluding hydrogens is 581 g/mol. The van der Waals surface area contributed by atoms with E-state index in [9.17, 15) is 22.8 Å². The number of nitrogens with one attached hydrogen (secondary N) is 4. The fraction of sp³-hybridized carbons (Fsp3) is 0.238. The predicted octanol–water partition coefficient (Wildman–Crippen LogP) is 4.12. The number of hydrogen-bond donors (Lipinski definition) is 4. The maximum Gasteiger partial charge on any atom is 0.418 e. The smallest absolute Gasteiger partial charge is 0.368 e. The van der Waals surface area contributed by atoms with E-state index in [1.165, 1.54) is 29.9 Å². The van der Waals surface area contributed by atoms with Crippen LogP contribution in [-0.2, 0) is 6.18 Å². The van der Waals surface area contributed by atoms with Crippen LogP contribution in [0.5, 0.6) is 0 Å². The molecule has 0 fully saturated rings. The van der Waals surface area contributed by atoms with E-state index in [0.717, 1.165) is 17.5 Å². The van der Waals surface area contributed by atoms with Crippen LogP contribution in [0, 0.1) is 0 Å². The van der Waals surface area contributed by atoms with Gasteiger partial charge in [-0.1, -0.05) is 22.9 Å². The fourth-order valence-corrected chi connectivity index (χ4v) is 4.52. The van der Waals surface area contributed by atoms with Crippen molar-refractivity contribution in [2.45, 2.75) is 19.1 Å². The van der Waals surface area contributed by atoms with E-state index in [4.69, 9.17) is 11.6 Å². The lowest BCUT2D eigenvalue weighted by Crippen LogP contribution is -2.27. The standard InChI is InChI=1S/C21H18ClF3N10O2S2/c1-10(33-17(36)13-5-15(31-8-30-13)26-2-3-27-20-35-32-9-38-20)19-29-7-14(39-19)18(37)34-16-4-11(21(23,24)25)12(22)6-28-16/h4-10H,2-3H2,1H3,(H,27,35)(H,33,36)(H,26,30,31)(H,28,34,37). The average molecular weight is 599 g/mol. The fourth-order valence-electron chi connectivity index (χ4n) is 3.02. The molecule has 0 spiro atoms. The van der Waals surface area contributed by atoms with Gasteiger partial charge in [0.2, 0.25) is 5.13 Å². The van der Waals surface area contributed by atoms with E-state index >= 15 is 0 Å². The second-order valence-corrected chi connectivity index (χ2v) is 9.95. The highest BCUT2D eigenvalue weighted by Crippen LogP contribution is 2.35. The van der Waals surface area contributed by atoms with Gasteiger partial charge in [-0.25, -0.2) is 19.9 Å². The molecule has 1 unspecified atom stereocenters. The minimum absolute atomic E-state index is 0.104. The Labute approximate surface area is 231 Å². The number of nitrogens with zero attached hydrogens (tertiary/aromatic N) is 6. The number of thiazole rings is 1. The van der Waals surface area contributed by atoms with Gasteiger partial charge in [0.05, 0.1) is 22.8 Å². The average Bonchev–Trinajstić information content (AvgIpc) is 3.60. The molecular formula is C21H18ClF3N10O2S2. The zero-order chi connectivity index (χ0) is 28.0. The Bertz CT molecular complexity index is 1450. The first-order valence-corrected chi connectivity index (χ1v) is 13.0. The van der Waals surface area contributed by atoms with Crippen molar-refractivity contribution in [1.82, 2.24) is 35.5 Å². The third-order valence-electron chi connectivity index (χ3n) is 4.83. The number of carbonyl (C=O) groups excluding carboxylic acids is 2. The van der Waals surface area contributed by atoms with Gasteiger partial charge in [-0.3, -0.25) is 9.59 Å². The van der Waals surface area contributed by atoms with Gasteiger partial charge in [0.25, 0.3) is 11.8 Å². The molecule has 4 aromatic heterocycles. The van der Waals surface area contributed by atoms with Crippen molar-refractivity contribution < 1.29 is 22.8 Å². The second-order valence-electron chi connectivity index (χ2n) is 7.65. The van der Waals surface area contributed by atoms with Crippen molar-refractivity contribution in [3.63, 3.8) is 0 Å². The second kappa shape index (κ2) is 12.3. The Morgan fingerprint density at radius 1 is 1.03 bits per heavy atom. The van der Waals surface area contributed by atoms with E-state index in [-0.39, 0.29) is 16.4 Å².